The van der Waals surface area contributed by atoms with Crippen molar-refractivity contribution in [2.24, 2.45) is 17.8 Å². The molecule has 3 aromatic rings. The molecule has 1 aliphatic heterocycles. The molecule has 9 nitrogen and oxygen atoms in total. The first-order valence-electron chi connectivity index (χ1n) is 17.0. The highest BCUT2D eigenvalue weighted by molar-refractivity contribution is 14.1. The number of aliphatic hydroxyl groups is 2. The number of carbonyl (C=O) groups is 2. The second-order valence-corrected chi connectivity index (χ2v) is 14.3. The minimum atomic E-state index is -1.01. The van der Waals surface area contributed by atoms with E-state index in [4.69, 9.17) is 9.47 Å². The van der Waals surface area contributed by atoms with Gasteiger partial charge < -0.3 is 24.8 Å². The van der Waals surface area contributed by atoms with Crippen molar-refractivity contribution in [3.8, 4) is 17.2 Å². The van der Waals surface area contributed by atoms with Crippen molar-refractivity contribution in [3.05, 3.63) is 92.8 Å². The van der Waals surface area contributed by atoms with Crippen LogP contribution in [0.5, 0.6) is 17.2 Å². The van der Waals surface area contributed by atoms with Gasteiger partial charge in [0.1, 0.15) is 12.4 Å². The van der Waals surface area contributed by atoms with Crippen LogP contribution < -0.4 is 9.47 Å². The summed E-state index contributed by atoms with van der Waals surface area (Å²) in [5, 5.41) is 33.3. The van der Waals surface area contributed by atoms with Crippen molar-refractivity contribution in [3.63, 3.8) is 0 Å². The number of pyridine rings is 1. The highest BCUT2D eigenvalue weighted by Gasteiger charge is 2.56. The number of fused-ring (bicyclic) bond motifs is 1. The molecule has 49 heavy (non-hydrogen) atoms. The Labute approximate surface area is 300 Å². The fourth-order valence-electron chi connectivity index (χ4n) is 7.81. The number of nitrogens with zero attached hydrogens (tertiary/aromatic N) is 2. The number of allylic oxidation sites excluding steroid dienone is 1. The number of halogens is 1. The Morgan fingerprint density at radius 1 is 1.06 bits per heavy atom. The number of aliphatic hydroxyl groups excluding tert-OH is 2. The largest absolute Gasteiger partial charge is 0.504 e. The monoisotopic (exact) mass is 778 g/mol. The topological polar surface area (TPSA) is 129 Å². The highest BCUT2D eigenvalue weighted by atomic mass is 127. The van der Waals surface area contributed by atoms with E-state index < -0.39 is 23.9 Å². The normalized spacial score (nSPS) is 22.3. The third-order valence-electron chi connectivity index (χ3n) is 10.2. The number of methoxy groups -OCH3 is 1. The molecule has 10 heteroatoms. The van der Waals surface area contributed by atoms with Crippen molar-refractivity contribution in [2.75, 3.05) is 20.3 Å². The molecule has 3 aliphatic rings. The van der Waals surface area contributed by atoms with Gasteiger partial charge in [0.05, 0.1) is 40.9 Å². The molecular formula is C39H43IN2O7. The molecule has 2 fully saturated rings. The van der Waals surface area contributed by atoms with Crippen LogP contribution in [0.3, 0.4) is 0 Å². The number of likely N-dealkylation sites (tertiary alicyclic amines) is 1. The molecule has 0 bridgehead atoms. The molecule has 0 unspecified atom stereocenters. The average Bonchev–Trinajstić information content (AvgIpc) is 3.39. The lowest BCUT2D eigenvalue weighted by molar-refractivity contribution is -0.143. The van der Waals surface area contributed by atoms with E-state index in [1.165, 1.54) is 12.0 Å². The van der Waals surface area contributed by atoms with E-state index in [2.05, 4.69) is 27.6 Å². The van der Waals surface area contributed by atoms with Gasteiger partial charge in [-0.15, -0.1) is 0 Å². The Bertz CT molecular complexity index is 1700. The van der Waals surface area contributed by atoms with Gasteiger partial charge >= 0.3 is 0 Å². The number of phenolic OH excluding ortho intramolecular Hbond substituents is 1. The molecule has 1 saturated heterocycles. The third-order valence-corrected chi connectivity index (χ3v) is 11.0. The predicted octanol–water partition coefficient (Wildman–Crippen LogP) is 6.40. The Hall–Kier alpha value is -3.74. The fraction of sp³-hybridized carbons (Fsp3) is 0.410. The molecular weight excluding hydrogens is 735 g/mol. The summed E-state index contributed by atoms with van der Waals surface area (Å²) in [5.41, 5.74) is 3.74. The van der Waals surface area contributed by atoms with Crippen LogP contribution in [0, 0.1) is 21.3 Å². The van der Waals surface area contributed by atoms with E-state index in [9.17, 15) is 24.9 Å². The first-order valence-corrected chi connectivity index (χ1v) is 18.1. The lowest BCUT2D eigenvalue weighted by Gasteiger charge is -2.36. The van der Waals surface area contributed by atoms with Crippen LogP contribution in [0.2, 0.25) is 0 Å². The van der Waals surface area contributed by atoms with Crippen molar-refractivity contribution < 1.29 is 34.4 Å². The predicted molar refractivity (Wildman–Crippen MR) is 195 cm³/mol. The molecule has 2 aromatic carbocycles. The number of aromatic hydroxyl groups is 1. The number of rotatable bonds is 12. The van der Waals surface area contributed by atoms with Gasteiger partial charge in [0.25, 0.3) is 0 Å². The van der Waals surface area contributed by atoms with Gasteiger partial charge in [0, 0.05) is 18.2 Å². The number of hydrogen-bond acceptors (Lipinski definition) is 8. The van der Waals surface area contributed by atoms with Gasteiger partial charge in [0.2, 0.25) is 11.8 Å². The standard InChI is InChI=1S/C39H43IN2O7/c1-48-34-20-24(19-31(40)37(34)45)18-25(32-14-8-9-17-41-32)15-16-33(44)35-26(23-49-28-12-6-3-7-13-28)21-29-36(30(35)22-43)39(47)42(38(29)46)27-10-4-2-5-11-27/h3,6-9,12-14,17-20,27,29-30,33,36,43-45H,2,4-5,10-11,15-16,21-23H2,1H3/b25-18-/t29-,30+,33-,36-/m1/s1. The summed E-state index contributed by atoms with van der Waals surface area (Å²) in [6, 6.07) is 18.5. The van der Waals surface area contributed by atoms with Crippen LogP contribution in [0.1, 0.15) is 62.6 Å². The molecule has 6 rings (SSSR count). The number of phenols is 1. The third kappa shape index (κ3) is 7.56. The van der Waals surface area contributed by atoms with E-state index in [1.54, 1.807) is 12.3 Å². The lowest BCUT2D eigenvalue weighted by atomic mass is 9.68. The summed E-state index contributed by atoms with van der Waals surface area (Å²) in [4.78, 5) is 34.0. The Kier molecular flexibility index (Phi) is 11.4. The van der Waals surface area contributed by atoms with Gasteiger partial charge in [-0.2, -0.15) is 0 Å². The summed E-state index contributed by atoms with van der Waals surface area (Å²) < 4.78 is 12.2. The van der Waals surface area contributed by atoms with Crippen molar-refractivity contribution in [1.29, 1.82) is 0 Å². The first kappa shape index (κ1) is 35.1. The molecule has 2 aliphatic carbocycles. The van der Waals surface area contributed by atoms with E-state index in [-0.39, 0.29) is 43.2 Å². The molecule has 0 spiro atoms. The number of ether oxygens (including phenoxy) is 2. The number of para-hydroxylation sites is 1. The minimum absolute atomic E-state index is 0.0693. The maximum Gasteiger partial charge on any atom is 0.234 e. The van der Waals surface area contributed by atoms with Crippen LogP contribution >= 0.6 is 22.6 Å². The molecule has 0 radical (unpaired) electrons. The SMILES string of the molecule is COc1cc(/C=C(/CC[C@@H](O)C2=C(COc3ccccc3)C[C@H]3C(=O)N(C4CCCCC4)C(=O)[C@H]3[C@H]2CO)c2ccccn2)cc(I)c1O. The second kappa shape index (κ2) is 15.9. The van der Waals surface area contributed by atoms with Crippen LogP contribution in [0.15, 0.2) is 78.0 Å². The lowest BCUT2D eigenvalue weighted by Crippen LogP contribution is -2.42. The Morgan fingerprint density at radius 3 is 2.51 bits per heavy atom. The zero-order valence-electron chi connectivity index (χ0n) is 27.6. The molecule has 1 aromatic heterocycles. The number of imide groups is 1. The first-order chi connectivity index (χ1) is 23.8. The summed E-state index contributed by atoms with van der Waals surface area (Å²) >= 11 is 2.06. The maximum absolute atomic E-state index is 14.0. The number of carbonyl (C=O) groups excluding carboxylic acids is 2. The average molecular weight is 779 g/mol. The summed E-state index contributed by atoms with van der Waals surface area (Å²) in [6.45, 7) is -0.232. The summed E-state index contributed by atoms with van der Waals surface area (Å²) in [6.07, 6.45) is 8.35. The Morgan fingerprint density at radius 2 is 1.82 bits per heavy atom. The zero-order chi connectivity index (χ0) is 34.5. The van der Waals surface area contributed by atoms with Gasteiger partial charge in [-0.05, 0) is 119 Å². The van der Waals surface area contributed by atoms with Crippen LogP contribution in [-0.4, -0.2) is 69.5 Å². The maximum atomic E-state index is 14.0. The van der Waals surface area contributed by atoms with E-state index in [1.807, 2.05) is 60.7 Å². The number of benzene rings is 2. The van der Waals surface area contributed by atoms with Gasteiger partial charge in [-0.1, -0.05) is 43.5 Å². The van der Waals surface area contributed by atoms with Crippen LogP contribution in [-0.2, 0) is 9.59 Å². The second-order valence-electron chi connectivity index (χ2n) is 13.1. The van der Waals surface area contributed by atoms with E-state index in [0.29, 0.717) is 33.5 Å². The molecule has 1 saturated carbocycles. The van der Waals surface area contributed by atoms with Crippen molar-refractivity contribution in [2.45, 2.75) is 63.5 Å². The summed E-state index contributed by atoms with van der Waals surface area (Å²) in [5.74, 6) is -1.33. The van der Waals surface area contributed by atoms with Gasteiger partial charge in [-0.25, -0.2) is 0 Å². The van der Waals surface area contributed by atoms with E-state index >= 15 is 0 Å². The molecule has 2 heterocycles. The van der Waals surface area contributed by atoms with Gasteiger partial charge in [-0.3, -0.25) is 19.5 Å². The molecule has 2 amide bonds. The van der Waals surface area contributed by atoms with E-state index in [0.717, 1.165) is 54.5 Å². The highest BCUT2D eigenvalue weighted by Crippen LogP contribution is 2.48. The number of hydrogen-bond donors (Lipinski definition) is 3. The quantitative estimate of drug-likeness (QED) is 0.110. The number of amides is 2. The molecule has 3 N–H and O–H groups in total. The zero-order valence-corrected chi connectivity index (χ0v) is 29.8. The van der Waals surface area contributed by atoms with Crippen molar-refractivity contribution >= 4 is 46.1 Å². The van der Waals surface area contributed by atoms with Crippen molar-refractivity contribution in [1.82, 2.24) is 9.88 Å². The van der Waals surface area contributed by atoms with Gasteiger partial charge in [0.15, 0.2) is 11.5 Å². The summed E-state index contributed by atoms with van der Waals surface area (Å²) in [7, 11) is 1.50. The molecule has 258 valence electrons. The fourth-order valence-corrected chi connectivity index (χ4v) is 8.44. The number of aromatic nitrogens is 1. The Balaban J connectivity index is 1.32. The van der Waals surface area contributed by atoms with Crippen LogP contribution in [0.25, 0.3) is 11.6 Å². The smallest absolute Gasteiger partial charge is 0.234 e. The molecule has 4 atom stereocenters. The van der Waals surface area contributed by atoms with Crippen LogP contribution in [0.4, 0.5) is 0 Å². The minimum Gasteiger partial charge on any atom is -0.504 e.